The summed E-state index contributed by atoms with van der Waals surface area (Å²) in [4.78, 5) is 29.0. The minimum absolute atomic E-state index is 0.0196. The van der Waals surface area contributed by atoms with Crippen LogP contribution >= 0.6 is 0 Å². The van der Waals surface area contributed by atoms with Gasteiger partial charge in [0.2, 0.25) is 5.91 Å². The topological polar surface area (TPSA) is 64.4 Å². The Bertz CT molecular complexity index is 840. The molecule has 1 aliphatic rings. The number of ketones is 1. The molecule has 144 valence electrons. The Morgan fingerprint density at radius 2 is 1.64 bits per heavy atom. The van der Waals surface area contributed by atoms with Gasteiger partial charge in [-0.1, -0.05) is 42.5 Å². The minimum Gasteiger partial charge on any atom is -0.341 e. The zero-order chi connectivity index (χ0) is 19.8. The number of Topliss-reactive ketones (excluding diaryl/α,β-unsaturated/α-hetero) is 1. The highest BCUT2D eigenvalue weighted by Crippen LogP contribution is 2.12. The third-order valence-corrected chi connectivity index (χ3v) is 5.09. The van der Waals surface area contributed by atoms with E-state index in [1.54, 1.807) is 12.1 Å². The van der Waals surface area contributed by atoms with E-state index >= 15 is 0 Å². The summed E-state index contributed by atoms with van der Waals surface area (Å²) < 4.78 is 0. The van der Waals surface area contributed by atoms with Gasteiger partial charge in [0, 0.05) is 51.1 Å². The van der Waals surface area contributed by atoms with Crippen molar-refractivity contribution in [2.45, 2.75) is 25.8 Å². The van der Waals surface area contributed by atoms with E-state index in [1.807, 2.05) is 47.4 Å². The maximum absolute atomic E-state index is 12.5. The lowest BCUT2D eigenvalue weighted by molar-refractivity contribution is -0.131. The second-order valence-electron chi connectivity index (χ2n) is 7.11. The van der Waals surface area contributed by atoms with E-state index in [0.29, 0.717) is 17.7 Å². The number of carbonyl (C=O) groups is 2. The number of rotatable bonds is 6. The van der Waals surface area contributed by atoms with Gasteiger partial charge in [-0.05, 0) is 24.1 Å². The minimum atomic E-state index is 0.0196. The molecule has 5 nitrogen and oxygen atoms in total. The molecule has 1 saturated heterocycles. The smallest absolute Gasteiger partial charge is 0.223 e. The van der Waals surface area contributed by atoms with Crippen LogP contribution in [0.2, 0.25) is 0 Å². The zero-order valence-corrected chi connectivity index (χ0v) is 16.0. The lowest BCUT2D eigenvalue weighted by atomic mass is 10.1. The Hall–Kier alpha value is -2.97. The van der Waals surface area contributed by atoms with Gasteiger partial charge in [0.25, 0.3) is 0 Å². The molecule has 0 N–H and O–H groups in total. The van der Waals surface area contributed by atoms with Crippen molar-refractivity contribution in [2.24, 2.45) is 0 Å². The molecular weight excluding hydrogens is 350 g/mol. The Morgan fingerprint density at radius 3 is 2.36 bits per heavy atom. The highest BCUT2D eigenvalue weighted by molar-refractivity contribution is 5.97. The second-order valence-corrected chi connectivity index (χ2v) is 7.11. The van der Waals surface area contributed by atoms with Crippen molar-refractivity contribution in [1.82, 2.24) is 9.80 Å². The summed E-state index contributed by atoms with van der Waals surface area (Å²) in [5.74, 6) is 0.0794. The van der Waals surface area contributed by atoms with Gasteiger partial charge in [-0.3, -0.25) is 14.5 Å². The van der Waals surface area contributed by atoms with Crippen LogP contribution in [0.4, 0.5) is 0 Å². The van der Waals surface area contributed by atoms with Gasteiger partial charge in [0.15, 0.2) is 5.78 Å². The fourth-order valence-corrected chi connectivity index (χ4v) is 3.47. The second kappa shape index (κ2) is 9.82. The van der Waals surface area contributed by atoms with Crippen LogP contribution in [-0.4, -0.2) is 47.7 Å². The monoisotopic (exact) mass is 375 g/mol. The average molecular weight is 375 g/mol. The maximum atomic E-state index is 12.5. The summed E-state index contributed by atoms with van der Waals surface area (Å²) in [6.07, 6.45) is 1.45. The van der Waals surface area contributed by atoms with Crippen molar-refractivity contribution in [1.29, 1.82) is 5.26 Å². The van der Waals surface area contributed by atoms with E-state index in [1.165, 1.54) is 5.56 Å². The van der Waals surface area contributed by atoms with Crippen molar-refractivity contribution in [3.8, 4) is 6.07 Å². The summed E-state index contributed by atoms with van der Waals surface area (Å²) >= 11 is 0. The number of hydrogen-bond acceptors (Lipinski definition) is 4. The van der Waals surface area contributed by atoms with Gasteiger partial charge < -0.3 is 4.90 Å². The Kier molecular flexibility index (Phi) is 6.94. The van der Waals surface area contributed by atoms with Crippen LogP contribution in [0.1, 0.15) is 40.7 Å². The Balaban J connectivity index is 1.46. The fourth-order valence-electron chi connectivity index (χ4n) is 3.47. The first-order valence-electron chi connectivity index (χ1n) is 9.73. The number of nitriles is 1. The third kappa shape index (κ3) is 5.51. The first-order valence-corrected chi connectivity index (χ1v) is 9.73. The van der Waals surface area contributed by atoms with Crippen LogP contribution in [-0.2, 0) is 11.3 Å². The van der Waals surface area contributed by atoms with Crippen molar-refractivity contribution >= 4 is 11.7 Å². The number of hydrogen-bond donors (Lipinski definition) is 0. The average Bonchev–Trinajstić information content (AvgIpc) is 2.98. The van der Waals surface area contributed by atoms with E-state index < -0.39 is 0 Å². The predicted octanol–water partition coefficient (Wildman–Crippen LogP) is 3.26. The molecule has 1 amide bonds. The number of carbonyl (C=O) groups excluding carboxylic acids is 2. The van der Waals surface area contributed by atoms with Crippen LogP contribution in [0.3, 0.4) is 0 Å². The van der Waals surface area contributed by atoms with Crippen molar-refractivity contribution in [3.63, 3.8) is 0 Å². The molecule has 0 saturated carbocycles. The molecule has 0 aliphatic carbocycles. The van der Waals surface area contributed by atoms with Gasteiger partial charge in [0.1, 0.15) is 0 Å². The molecule has 1 fully saturated rings. The molecule has 2 aromatic carbocycles. The molecule has 3 rings (SSSR count). The van der Waals surface area contributed by atoms with Crippen molar-refractivity contribution < 1.29 is 9.59 Å². The Morgan fingerprint density at radius 1 is 0.893 bits per heavy atom. The number of nitrogens with zero attached hydrogens (tertiary/aromatic N) is 3. The summed E-state index contributed by atoms with van der Waals surface area (Å²) in [7, 11) is 0. The first-order chi connectivity index (χ1) is 13.7. The molecule has 2 aromatic rings. The molecule has 1 aliphatic heterocycles. The summed E-state index contributed by atoms with van der Waals surface area (Å²) in [5.41, 5.74) is 2.51. The molecule has 0 unspecified atom stereocenters. The molecule has 0 bridgehead atoms. The summed E-state index contributed by atoms with van der Waals surface area (Å²) in [5, 5.41) is 8.89. The molecule has 0 radical (unpaired) electrons. The van der Waals surface area contributed by atoms with Crippen molar-refractivity contribution in [2.75, 3.05) is 26.2 Å². The van der Waals surface area contributed by atoms with Gasteiger partial charge in [-0.2, -0.15) is 5.26 Å². The van der Waals surface area contributed by atoms with Crippen LogP contribution in [0.5, 0.6) is 0 Å². The first kappa shape index (κ1) is 19.8. The van der Waals surface area contributed by atoms with E-state index in [9.17, 15) is 9.59 Å². The van der Waals surface area contributed by atoms with Crippen LogP contribution in [0.15, 0.2) is 54.6 Å². The zero-order valence-electron chi connectivity index (χ0n) is 16.0. The number of benzene rings is 2. The normalized spacial score (nSPS) is 14.9. The standard InChI is InChI=1S/C23H25N3O2/c24-17-19-7-9-20(10-8-19)18-25-13-4-14-26(16-15-25)23(28)12-11-22(27)21-5-2-1-3-6-21/h1-3,5-10H,4,11-16,18H2. The van der Waals surface area contributed by atoms with E-state index in [4.69, 9.17) is 5.26 Å². The van der Waals surface area contributed by atoms with Gasteiger partial charge in [-0.15, -0.1) is 0 Å². The van der Waals surface area contributed by atoms with Gasteiger partial charge >= 0.3 is 0 Å². The summed E-state index contributed by atoms with van der Waals surface area (Å²) in [6, 6.07) is 18.9. The lowest BCUT2D eigenvalue weighted by Gasteiger charge is -2.22. The van der Waals surface area contributed by atoms with Crippen LogP contribution in [0.25, 0.3) is 0 Å². The molecule has 0 atom stereocenters. The van der Waals surface area contributed by atoms with Crippen LogP contribution in [0, 0.1) is 11.3 Å². The van der Waals surface area contributed by atoms with E-state index in [2.05, 4.69) is 11.0 Å². The van der Waals surface area contributed by atoms with E-state index in [-0.39, 0.29) is 24.5 Å². The molecule has 0 spiro atoms. The number of amides is 1. The lowest BCUT2D eigenvalue weighted by Crippen LogP contribution is -2.35. The van der Waals surface area contributed by atoms with Gasteiger partial charge in [-0.25, -0.2) is 0 Å². The third-order valence-electron chi connectivity index (χ3n) is 5.09. The fraction of sp³-hybridized carbons (Fsp3) is 0.348. The largest absolute Gasteiger partial charge is 0.341 e. The maximum Gasteiger partial charge on any atom is 0.223 e. The van der Waals surface area contributed by atoms with E-state index in [0.717, 1.165) is 32.6 Å². The molecular formula is C23H25N3O2. The van der Waals surface area contributed by atoms with Gasteiger partial charge in [0.05, 0.1) is 11.6 Å². The highest BCUT2D eigenvalue weighted by atomic mass is 16.2. The molecule has 1 heterocycles. The highest BCUT2D eigenvalue weighted by Gasteiger charge is 2.20. The summed E-state index contributed by atoms with van der Waals surface area (Å²) in [6.45, 7) is 4.00. The molecule has 5 heteroatoms. The Labute approximate surface area is 166 Å². The molecule has 0 aromatic heterocycles. The molecule has 28 heavy (non-hydrogen) atoms. The van der Waals surface area contributed by atoms with Crippen LogP contribution < -0.4 is 0 Å². The SMILES string of the molecule is N#Cc1ccc(CN2CCCN(C(=O)CCC(=O)c3ccccc3)CC2)cc1. The predicted molar refractivity (Wildman–Crippen MR) is 108 cm³/mol. The van der Waals surface area contributed by atoms with Crippen molar-refractivity contribution in [3.05, 3.63) is 71.3 Å². The quantitative estimate of drug-likeness (QED) is 0.727.